The van der Waals surface area contributed by atoms with Crippen molar-refractivity contribution >= 4 is 22.6 Å². The molecule has 0 unspecified atom stereocenters. The minimum absolute atomic E-state index is 0.0474. The van der Waals surface area contributed by atoms with Gasteiger partial charge in [0.05, 0.1) is 12.1 Å². The normalized spacial score (nSPS) is 13.5. The van der Waals surface area contributed by atoms with Gasteiger partial charge >= 0.3 is 6.03 Å². The van der Waals surface area contributed by atoms with Gasteiger partial charge in [-0.1, -0.05) is 29.3 Å². The number of amides is 2. The first-order valence-electron chi connectivity index (χ1n) is 9.75. The molecule has 0 aliphatic carbocycles. The highest BCUT2D eigenvalue weighted by Crippen LogP contribution is 2.23. The molecular formula is C23H25N3O2. The Labute approximate surface area is 164 Å². The average molecular weight is 375 g/mol. The first kappa shape index (κ1) is 18.3. The van der Waals surface area contributed by atoms with Gasteiger partial charge < -0.3 is 14.8 Å². The van der Waals surface area contributed by atoms with Crippen LogP contribution in [0.5, 0.6) is 0 Å². The van der Waals surface area contributed by atoms with Crippen LogP contribution in [0.15, 0.2) is 47.3 Å². The van der Waals surface area contributed by atoms with E-state index in [0.29, 0.717) is 19.5 Å². The van der Waals surface area contributed by atoms with Gasteiger partial charge in [-0.3, -0.25) is 4.79 Å². The molecule has 4 rings (SSSR count). The lowest BCUT2D eigenvalue weighted by Gasteiger charge is -2.31. The smallest absolute Gasteiger partial charge is 0.322 e. The van der Waals surface area contributed by atoms with Gasteiger partial charge in [0, 0.05) is 41.8 Å². The molecule has 0 saturated heterocycles. The van der Waals surface area contributed by atoms with Crippen LogP contribution < -0.4 is 10.7 Å². The second kappa shape index (κ2) is 7.15. The molecular weight excluding hydrogens is 350 g/mol. The van der Waals surface area contributed by atoms with Gasteiger partial charge in [-0.15, -0.1) is 0 Å². The molecule has 1 aliphatic heterocycles. The molecule has 2 heterocycles. The Morgan fingerprint density at radius 2 is 1.79 bits per heavy atom. The van der Waals surface area contributed by atoms with Crippen LogP contribution in [-0.2, 0) is 19.5 Å². The SMILES string of the molecule is CCn1c2c(c(=O)c3cc(C)ccc31)CN(C(=O)Nc1ccc(C)cc1)CC2. The summed E-state index contributed by atoms with van der Waals surface area (Å²) in [6, 6.07) is 13.6. The average Bonchev–Trinajstić information content (AvgIpc) is 2.70. The van der Waals surface area contributed by atoms with Gasteiger partial charge in [0.1, 0.15) is 0 Å². The molecule has 144 valence electrons. The van der Waals surface area contributed by atoms with Crippen LogP contribution in [0, 0.1) is 13.8 Å². The number of nitrogens with one attached hydrogen (secondary N) is 1. The fourth-order valence-corrected chi connectivity index (χ4v) is 4.00. The van der Waals surface area contributed by atoms with Crippen molar-refractivity contribution in [1.82, 2.24) is 9.47 Å². The minimum Gasteiger partial charge on any atom is -0.344 e. The van der Waals surface area contributed by atoms with E-state index in [2.05, 4.69) is 16.8 Å². The molecule has 5 nitrogen and oxygen atoms in total. The summed E-state index contributed by atoms with van der Waals surface area (Å²) >= 11 is 0. The lowest BCUT2D eigenvalue weighted by atomic mass is 10.00. The quantitative estimate of drug-likeness (QED) is 0.729. The Kier molecular flexibility index (Phi) is 4.67. The zero-order valence-corrected chi connectivity index (χ0v) is 16.6. The van der Waals surface area contributed by atoms with Crippen molar-refractivity contribution in [3.8, 4) is 0 Å². The summed E-state index contributed by atoms with van der Waals surface area (Å²) in [7, 11) is 0. The van der Waals surface area contributed by atoms with E-state index in [1.165, 1.54) is 0 Å². The standard InChI is InChI=1S/C23H25N3O2/c1-4-26-20-10-7-16(3)13-18(20)22(27)19-14-25(12-11-21(19)26)23(28)24-17-8-5-15(2)6-9-17/h5-10,13H,4,11-12,14H2,1-3H3,(H,24,28). The lowest BCUT2D eigenvalue weighted by molar-refractivity contribution is 0.205. The molecule has 28 heavy (non-hydrogen) atoms. The van der Waals surface area contributed by atoms with E-state index in [1.54, 1.807) is 4.90 Å². The zero-order valence-electron chi connectivity index (χ0n) is 16.6. The second-order valence-electron chi connectivity index (χ2n) is 7.49. The van der Waals surface area contributed by atoms with Crippen molar-refractivity contribution < 1.29 is 4.79 Å². The van der Waals surface area contributed by atoms with Crippen molar-refractivity contribution in [2.24, 2.45) is 0 Å². The molecule has 5 heteroatoms. The van der Waals surface area contributed by atoms with E-state index >= 15 is 0 Å². The van der Waals surface area contributed by atoms with Crippen molar-refractivity contribution in [3.05, 3.63) is 75.1 Å². The number of rotatable bonds is 2. The molecule has 0 spiro atoms. The van der Waals surface area contributed by atoms with E-state index in [9.17, 15) is 9.59 Å². The highest BCUT2D eigenvalue weighted by atomic mass is 16.2. The fraction of sp³-hybridized carbons (Fsp3) is 0.304. The number of nitrogens with zero attached hydrogens (tertiary/aromatic N) is 2. The number of aromatic nitrogens is 1. The molecule has 0 fully saturated rings. The molecule has 2 aromatic carbocycles. The summed E-state index contributed by atoms with van der Waals surface area (Å²) in [4.78, 5) is 27.7. The van der Waals surface area contributed by atoms with Crippen LogP contribution in [0.4, 0.5) is 10.5 Å². The highest BCUT2D eigenvalue weighted by molar-refractivity contribution is 5.89. The predicted molar refractivity (Wildman–Crippen MR) is 113 cm³/mol. The molecule has 1 aromatic heterocycles. The number of hydrogen-bond donors (Lipinski definition) is 1. The molecule has 1 N–H and O–H groups in total. The monoisotopic (exact) mass is 375 g/mol. The summed E-state index contributed by atoms with van der Waals surface area (Å²) in [6.07, 6.45) is 0.684. The number of benzene rings is 2. The van der Waals surface area contributed by atoms with Crippen LogP contribution in [0.1, 0.15) is 29.3 Å². The number of aryl methyl sites for hydroxylation is 3. The van der Waals surface area contributed by atoms with Gasteiger partial charge in [0.25, 0.3) is 0 Å². The number of fused-ring (bicyclic) bond motifs is 2. The molecule has 0 saturated carbocycles. The molecule has 0 atom stereocenters. The van der Waals surface area contributed by atoms with Crippen LogP contribution in [0.2, 0.25) is 0 Å². The highest BCUT2D eigenvalue weighted by Gasteiger charge is 2.26. The number of carbonyl (C=O) groups excluding carboxylic acids is 1. The van der Waals surface area contributed by atoms with E-state index in [-0.39, 0.29) is 11.5 Å². The van der Waals surface area contributed by atoms with Gasteiger partial charge in [-0.25, -0.2) is 4.79 Å². The van der Waals surface area contributed by atoms with E-state index in [0.717, 1.165) is 45.5 Å². The lowest BCUT2D eigenvalue weighted by Crippen LogP contribution is -2.42. The maximum atomic E-state index is 13.2. The number of urea groups is 1. The topological polar surface area (TPSA) is 54.3 Å². The summed E-state index contributed by atoms with van der Waals surface area (Å²) in [5.74, 6) is 0. The summed E-state index contributed by atoms with van der Waals surface area (Å²) in [6.45, 7) is 7.85. The first-order chi connectivity index (χ1) is 13.5. The van der Waals surface area contributed by atoms with Gasteiger partial charge in [0.2, 0.25) is 0 Å². The van der Waals surface area contributed by atoms with E-state index < -0.39 is 0 Å². The van der Waals surface area contributed by atoms with Gasteiger partial charge in [-0.2, -0.15) is 0 Å². The molecule has 3 aromatic rings. The van der Waals surface area contributed by atoms with E-state index in [1.807, 2.05) is 56.3 Å². The number of anilines is 1. The zero-order chi connectivity index (χ0) is 19.8. The molecule has 1 aliphatic rings. The number of hydrogen-bond acceptors (Lipinski definition) is 2. The van der Waals surface area contributed by atoms with Crippen molar-refractivity contribution in [3.63, 3.8) is 0 Å². The number of pyridine rings is 1. The maximum Gasteiger partial charge on any atom is 0.322 e. The first-order valence-corrected chi connectivity index (χ1v) is 9.75. The summed E-state index contributed by atoms with van der Waals surface area (Å²) in [5, 5.41) is 3.68. The fourth-order valence-electron chi connectivity index (χ4n) is 4.00. The van der Waals surface area contributed by atoms with Crippen molar-refractivity contribution in [2.45, 2.75) is 40.3 Å². The maximum absolute atomic E-state index is 13.2. The summed E-state index contributed by atoms with van der Waals surface area (Å²) < 4.78 is 2.22. The Hall–Kier alpha value is -3.08. The third-order valence-electron chi connectivity index (χ3n) is 5.51. The van der Waals surface area contributed by atoms with Crippen LogP contribution in [0.25, 0.3) is 10.9 Å². The Morgan fingerprint density at radius 3 is 2.50 bits per heavy atom. The van der Waals surface area contributed by atoms with Crippen molar-refractivity contribution in [1.29, 1.82) is 0 Å². The van der Waals surface area contributed by atoms with Crippen LogP contribution in [0.3, 0.4) is 0 Å². The van der Waals surface area contributed by atoms with Crippen LogP contribution in [-0.4, -0.2) is 22.0 Å². The number of carbonyl (C=O) groups is 1. The third kappa shape index (κ3) is 3.17. The van der Waals surface area contributed by atoms with Gasteiger partial charge in [-0.05, 0) is 45.0 Å². The third-order valence-corrected chi connectivity index (χ3v) is 5.51. The van der Waals surface area contributed by atoms with E-state index in [4.69, 9.17) is 0 Å². The van der Waals surface area contributed by atoms with Crippen molar-refractivity contribution in [2.75, 3.05) is 11.9 Å². The molecule has 2 amide bonds. The Balaban J connectivity index is 1.68. The Bertz CT molecular complexity index is 1110. The second-order valence-corrected chi connectivity index (χ2v) is 7.49. The van der Waals surface area contributed by atoms with Gasteiger partial charge in [0.15, 0.2) is 5.43 Å². The predicted octanol–water partition coefficient (Wildman–Crippen LogP) is 4.23. The molecule has 0 radical (unpaired) electrons. The Morgan fingerprint density at radius 1 is 1.07 bits per heavy atom. The minimum atomic E-state index is -0.165. The largest absolute Gasteiger partial charge is 0.344 e. The van der Waals surface area contributed by atoms with Crippen LogP contribution >= 0.6 is 0 Å². The molecule has 0 bridgehead atoms. The summed E-state index contributed by atoms with van der Waals surface area (Å²) in [5.41, 5.74) is 5.81.